The van der Waals surface area contributed by atoms with E-state index in [-0.39, 0.29) is 0 Å². The molecule has 1 aliphatic carbocycles. The molecule has 0 atom stereocenters. The van der Waals surface area contributed by atoms with Crippen LogP contribution in [0.1, 0.15) is 38.3 Å². The number of hydrogen-bond acceptors (Lipinski definition) is 4. The van der Waals surface area contributed by atoms with Crippen LogP contribution in [0, 0.1) is 0 Å². The fraction of sp³-hybridized carbons (Fsp3) is 0.769. The molecule has 0 bridgehead atoms. The summed E-state index contributed by atoms with van der Waals surface area (Å²) in [6.07, 6.45) is 4.48. The molecule has 0 radical (unpaired) electrons. The summed E-state index contributed by atoms with van der Waals surface area (Å²) in [4.78, 5) is 0. The van der Waals surface area contributed by atoms with Gasteiger partial charge in [-0.15, -0.1) is 0 Å². The van der Waals surface area contributed by atoms with Gasteiger partial charge in [0, 0.05) is 19.4 Å². The lowest BCUT2D eigenvalue weighted by atomic mass is 9.79. The van der Waals surface area contributed by atoms with E-state index in [0.717, 1.165) is 29.6 Å². The lowest BCUT2D eigenvalue weighted by molar-refractivity contribution is -0.205. The molecule has 3 rings (SSSR count). The fourth-order valence-corrected chi connectivity index (χ4v) is 3.80. The number of aryl methyl sites for hydroxylation is 1. The highest BCUT2D eigenvalue weighted by Crippen LogP contribution is 2.46. The molecule has 1 saturated heterocycles. The predicted molar refractivity (Wildman–Crippen MR) is 72.6 cm³/mol. The molecule has 2 heterocycles. The zero-order valence-corrected chi connectivity index (χ0v) is 12.6. The minimum Gasteiger partial charge on any atom is -0.384 e. The minimum absolute atomic E-state index is 0.449. The summed E-state index contributed by atoms with van der Waals surface area (Å²) in [7, 11) is 0. The van der Waals surface area contributed by atoms with Crippen LogP contribution in [0.4, 0.5) is 0 Å². The van der Waals surface area contributed by atoms with E-state index in [2.05, 4.69) is 21.0 Å². The van der Waals surface area contributed by atoms with E-state index in [9.17, 15) is 5.11 Å². The number of aromatic nitrogens is 2. The van der Waals surface area contributed by atoms with Crippen LogP contribution in [0.3, 0.4) is 0 Å². The van der Waals surface area contributed by atoms with Gasteiger partial charge in [0.1, 0.15) is 5.60 Å². The topological polar surface area (TPSA) is 56.5 Å². The van der Waals surface area contributed by atoms with Gasteiger partial charge in [0.25, 0.3) is 0 Å². The molecule has 0 aromatic carbocycles. The Bertz CT molecular complexity index is 458. The molecule has 0 unspecified atom stereocenters. The molecule has 1 N–H and O–H groups in total. The van der Waals surface area contributed by atoms with Crippen LogP contribution in [-0.2, 0) is 21.6 Å². The highest BCUT2D eigenvalue weighted by molar-refractivity contribution is 9.10. The van der Waals surface area contributed by atoms with E-state index < -0.39 is 11.4 Å². The van der Waals surface area contributed by atoms with Crippen LogP contribution in [-0.4, -0.2) is 33.9 Å². The Morgan fingerprint density at radius 1 is 1.32 bits per heavy atom. The van der Waals surface area contributed by atoms with Gasteiger partial charge < -0.3 is 14.6 Å². The zero-order chi connectivity index (χ0) is 13.5. The third-order valence-electron chi connectivity index (χ3n) is 4.19. The summed E-state index contributed by atoms with van der Waals surface area (Å²) in [5.74, 6) is -0.449. The average molecular weight is 331 g/mol. The Morgan fingerprint density at radius 3 is 2.53 bits per heavy atom. The lowest BCUT2D eigenvalue weighted by Crippen LogP contribution is -2.43. The largest absolute Gasteiger partial charge is 0.384 e. The van der Waals surface area contributed by atoms with Gasteiger partial charge in [0.05, 0.1) is 29.6 Å². The molecular formula is C13H19BrN2O3. The van der Waals surface area contributed by atoms with Crippen LogP contribution in [0.5, 0.6) is 0 Å². The van der Waals surface area contributed by atoms with Crippen LogP contribution < -0.4 is 0 Å². The number of hydrogen-bond donors (Lipinski definition) is 1. The summed E-state index contributed by atoms with van der Waals surface area (Å²) in [5, 5.41) is 15.3. The summed E-state index contributed by atoms with van der Waals surface area (Å²) in [5.41, 5.74) is 0.0363. The first-order chi connectivity index (χ1) is 9.09. The standard InChI is InChI=1S/C13H19BrN2O3/c1-2-16-11(10(14)9-15-16)12(17)3-5-13(6-4-12)18-7-8-19-13/h9,17H,2-8H2,1H3. The second-order valence-electron chi connectivity index (χ2n) is 5.30. The van der Waals surface area contributed by atoms with E-state index >= 15 is 0 Å². The molecular weight excluding hydrogens is 312 g/mol. The first-order valence-corrected chi connectivity index (χ1v) is 7.60. The maximum absolute atomic E-state index is 11.0. The van der Waals surface area contributed by atoms with Crippen LogP contribution in [0.2, 0.25) is 0 Å². The predicted octanol–water partition coefficient (Wildman–Crippen LogP) is 2.17. The van der Waals surface area contributed by atoms with Crippen molar-refractivity contribution in [3.8, 4) is 0 Å². The van der Waals surface area contributed by atoms with Crippen LogP contribution >= 0.6 is 15.9 Å². The number of ether oxygens (including phenoxy) is 2. The first kappa shape index (κ1) is 13.5. The van der Waals surface area contributed by atoms with E-state index in [4.69, 9.17) is 9.47 Å². The zero-order valence-electron chi connectivity index (χ0n) is 11.1. The maximum atomic E-state index is 11.0. The normalized spacial score (nSPS) is 25.0. The molecule has 2 fully saturated rings. The molecule has 0 amide bonds. The quantitative estimate of drug-likeness (QED) is 0.902. The van der Waals surface area contributed by atoms with E-state index in [0.29, 0.717) is 26.1 Å². The Labute approximate surface area is 121 Å². The second kappa shape index (κ2) is 4.84. The van der Waals surface area contributed by atoms with Gasteiger partial charge >= 0.3 is 0 Å². The van der Waals surface area contributed by atoms with Gasteiger partial charge in [-0.1, -0.05) is 0 Å². The SMILES string of the molecule is CCn1ncc(Br)c1C1(O)CCC2(CC1)OCCO2. The summed E-state index contributed by atoms with van der Waals surface area (Å²) in [6, 6.07) is 0. The van der Waals surface area contributed by atoms with E-state index in [1.165, 1.54) is 0 Å². The molecule has 106 valence electrons. The Kier molecular flexibility index (Phi) is 3.45. The fourth-order valence-electron chi connectivity index (χ4n) is 3.13. The van der Waals surface area contributed by atoms with E-state index in [1.54, 1.807) is 6.20 Å². The highest BCUT2D eigenvalue weighted by atomic mass is 79.9. The molecule has 1 spiro atoms. The molecule has 2 aliphatic rings. The van der Waals surface area contributed by atoms with Gasteiger partial charge in [-0.2, -0.15) is 5.10 Å². The minimum atomic E-state index is -0.841. The monoisotopic (exact) mass is 330 g/mol. The average Bonchev–Trinajstić information content (AvgIpc) is 3.01. The Hall–Kier alpha value is -0.430. The van der Waals surface area contributed by atoms with Crippen molar-refractivity contribution >= 4 is 15.9 Å². The summed E-state index contributed by atoms with van der Waals surface area (Å²) >= 11 is 3.50. The molecule has 19 heavy (non-hydrogen) atoms. The highest BCUT2D eigenvalue weighted by Gasteiger charge is 2.48. The number of halogens is 1. The Morgan fingerprint density at radius 2 is 1.95 bits per heavy atom. The second-order valence-corrected chi connectivity index (χ2v) is 6.15. The lowest BCUT2D eigenvalue weighted by Gasteiger charge is -2.40. The summed E-state index contributed by atoms with van der Waals surface area (Å²) < 4.78 is 14.2. The molecule has 1 saturated carbocycles. The van der Waals surface area contributed by atoms with Crippen molar-refractivity contribution in [2.45, 2.75) is 50.5 Å². The van der Waals surface area contributed by atoms with Crippen molar-refractivity contribution < 1.29 is 14.6 Å². The van der Waals surface area contributed by atoms with Gasteiger partial charge in [0.15, 0.2) is 5.79 Å². The third-order valence-corrected chi connectivity index (χ3v) is 4.77. The van der Waals surface area contributed by atoms with Crippen LogP contribution in [0.15, 0.2) is 10.7 Å². The molecule has 1 aliphatic heterocycles. The smallest absolute Gasteiger partial charge is 0.168 e. The molecule has 1 aromatic heterocycles. The van der Waals surface area contributed by atoms with Crippen molar-refractivity contribution in [2.24, 2.45) is 0 Å². The maximum Gasteiger partial charge on any atom is 0.168 e. The Balaban J connectivity index is 1.83. The van der Waals surface area contributed by atoms with Crippen molar-refractivity contribution in [3.63, 3.8) is 0 Å². The third kappa shape index (κ3) is 2.24. The van der Waals surface area contributed by atoms with Gasteiger partial charge in [-0.3, -0.25) is 4.68 Å². The number of nitrogens with zero attached hydrogens (tertiary/aromatic N) is 2. The number of rotatable bonds is 2. The van der Waals surface area contributed by atoms with Crippen molar-refractivity contribution in [2.75, 3.05) is 13.2 Å². The number of aliphatic hydroxyl groups is 1. The summed E-state index contributed by atoms with van der Waals surface area (Å²) in [6.45, 7) is 4.10. The van der Waals surface area contributed by atoms with Gasteiger partial charge in [-0.05, 0) is 35.7 Å². The van der Waals surface area contributed by atoms with Crippen LogP contribution in [0.25, 0.3) is 0 Å². The molecule has 6 heteroatoms. The first-order valence-electron chi connectivity index (χ1n) is 6.81. The van der Waals surface area contributed by atoms with Gasteiger partial charge in [0.2, 0.25) is 0 Å². The van der Waals surface area contributed by atoms with Crippen molar-refractivity contribution in [3.05, 3.63) is 16.4 Å². The van der Waals surface area contributed by atoms with Crippen molar-refractivity contribution in [1.82, 2.24) is 9.78 Å². The van der Waals surface area contributed by atoms with Crippen molar-refractivity contribution in [1.29, 1.82) is 0 Å². The molecule has 1 aromatic rings. The molecule has 5 nitrogen and oxygen atoms in total. The van der Waals surface area contributed by atoms with E-state index in [1.807, 2.05) is 11.6 Å². The van der Waals surface area contributed by atoms with Gasteiger partial charge in [-0.25, -0.2) is 0 Å².